The van der Waals surface area contributed by atoms with E-state index < -0.39 is 0 Å². The zero-order valence-corrected chi connectivity index (χ0v) is 9.78. The van der Waals surface area contributed by atoms with Crippen molar-refractivity contribution in [1.82, 2.24) is 5.32 Å². The molecule has 0 aliphatic carbocycles. The van der Waals surface area contributed by atoms with Crippen molar-refractivity contribution in [2.75, 3.05) is 17.5 Å². The van der Waals surface area contributed by atoms with E-state index in [1.807, 2.05) is 30.3 Å². The number of hydrogen-bond donors (Lipinski definition) is 1. The van der Waals surface area contributed by atoms with Gasteiger partial charge in [-0.2, -0.15) is 0 Å². The van der Waals surface area contributed by atoms with E-state index in [9.17, 15) is 4.79 Å². The molecule has 1 fully saturated rings. The maximum Gasteiger partial charge on any atom is 0.244 e. The molecule has 0 atom stereocenters. The lowest BCUT2D eigenvalue weighted by Crippen LogP contribution is -2.37. The Morgan fingerprint density at radius 3 is 2.50 bits per heavy atom. The lowest BCUT2D eigenvalue weighted by atomic mass is 9.97. The first kappa shape index (κ1) is 11.4. The van der Waals surface area contributed by atoms with Crippen LogP contribution < -0.4 is 9.74 Å². The second-order valence-electron chi connectivity index (χ2n) is 3.98. The highest BCUT2D eigenvalue weighted by Gasteiger charge is 2.25. The van der Waals surface area contributed by atoms with Gasteiger partial charge in [-0.3, -0.25) is 4.79 Å². The molecule has 1 heterocycles. The van der Waals surface area contributed by atoms with Crippen molar-refractivity contribution in [3.05, 3.63) is 30.3 Å². The summed E-state index contributed by atoms with van der Waals surface area (Å²) in [5.41, 5.74) is 0.743. The summed E-state index contributed by atoms with van der Waals surface area (Å²) in [7, 11) is 0. The van der Waals surface area contributed by atoms with Crippen LogP contribution in [0.4, 0.5) is 5.69 Å². The van der Waals surface area contributed by atoms with E-state index >= 15 is 0 Å². The predicted molar refractivity (Wildman–Crippen MR) is 65.4 cm³/mol. The first-order valence-electron chi connectivity index (χ1n) is 5.54. The van der Waals surface area contributed by atoms with Crippen LogP contribution in [0, 0.1) is 5.92 Å². The second-order valence-corrected chi connectivity index (χ2v) is 4.32. The molecule has 1 aromatic carbocycles. The quantitative estimate of drug-likeness (QED) is 0.801. The van der Waals surface area contributed by atoms with E-state index in [2.05, 4.69) is 5.32 Å². The number of para-hydroxylation sites is 1. The van der Waals surface area contributed by atoms with Crippen molar-refractivity contribution in [3.63, 3.8) is 0 Å². The number of rotatable bonds is 2. The number of amides is 1. The largest absolute Gasteiger partial charge is 0.317 e. The average molecular weight is 239 g/mol. The molecule has 0 unspecified atom stereocenters. The first-order valence-corrected chi connectivity index (χ1v) is 5.88. The van der Waals surface area contributed by atoms with Crippen LogP contribution in [0.1, 0.15) is 12.8 Å². The Morgan fingerprint density at radius 1 is 1.25 bits per heavy atom. The van der Waals surface area contributed by atoms with Crippen LogP contribution in [0.3, 0.4) is 0 Å². The SMILES string of the molecule is O=C(C1CCNCC1)N(Cl)c1ccccc1. The van der Waals surface area contributed by atoms with Gasteiger partial charge in [0.1, 0.15) is 0 Å². The molecule has 0 saturated carbocycles. The van der Waals surface area contributed by atoms with E-state index in [1.54, 1.807) is 0 Å². The van der Waals surface area contributed by atoms with Crippen LogP contribution >= 0.6 is 11.8 Å². The van der Waals surface area contributed by atoms with Gasteiger partial charge >= 0.3 is 0 Å². The number of hydrogen-bond acceptors (Lipinski definition) is 2. The normalized spacial score (nSPS) is 17.1. The molecule has 1 aliphatic rings. The monoisotopic (exact) mass is 238 g/mol. The molecule has 1 aromatic rings. The van der Waals surface area contributed by atoms with Crippen molar-refractivity contribution >= 4 is 23.4 Å². The number of nitrogens with zero attached hydrogens (tertiary/aromatic N) is 1. The highest BCUT2D eigenvalue weighted by Crippen LogP contribution is 2.22. The minimum atomic E-state index is 0.00867. The molecule has 86 valence electrons. The Balaban J connectivity index is 2.04. The highest BCUT2D eigenvalue weighted by molar-refractivity contribution is 6.36. The maximum atomic E-state index is 12.1. The summed E-state index contributed by atoms with van der Waals surface area (Å²) in [4.78, 5) is 12.1. The summed E-state index contributed by atoms with van der Waals surface area (Å²) in [6.07, 6.45) is 1.74. The summed E-state index contributed by atoms with van der Waals surface area (Å²) in [5, 5.41) is 3.23. The molecule has 3 nitrogen and oxygen atoms in total. The van der Waals surface area contributed by atoms with Gasteiger partial charge in [-0.25, -0.2) is 4.42 Å². The molecule has 1 aliphatic heterocycles. The molecule has 4 heteroatoms. The average Bonchev–Trinajstić information content (AvgIpc) is 2.39. The number of nitrogens with one attached hydrogen (secondary N) is 1. The van der Waals surface area contributed by atoms with E-state index in [0.29, 0.717) is 0 Å². The Hall–Kier alpha value is -1.06. The second kappa shape index (κ2) is 5.32. The molecule has 1 N–H and O–H groups in total. The van der Waals surface area contributed by atoms with Gasteiger partial charge in [-0.15, -0.1) is 0 Å². The maximum absolute atomic E-state index is 12.1. The van der Waals surface area contributed by atoms with Gasteiger partial charge in [-0.05, 0) is 38.1 Å². The van der Waals surface area contributed by atoms with Gasteiger partial charge in [0.25, 0.3) is 0 Å². The molecule has 1 amide bonds. The Labute approximate surface area is 101 Å². The Morgan fingerprint density at radius 2 is 1.88 bits per heavy atom. The third-order valence-corrected chi connectivity index (χ3v) is 3.23. The number of piperidine rings is 1. The number of anilines is 1. The van der Waals surface area contributed by atoms with Gasteiger partial charge in [0, 0.05) is 17.7 Å². The van der Waals surface area contributed by atoms with Crippen LogP contribution in [-0.2, 0) is 4.79 Å². The van der Waals surface area contributed by atoms with Crippen LogP contribution in [-0.4, -0.2) is 19.0 Å². The minimum Gasteiger partial charge on any atom is -0.317 e. The fourth-order valence-corrected chi connectivity index (χ4v) is 2.17. The zero-order valence-electron chi connectivity index (χ0n) is 9.03. The summed E-state index contributed by atoms with van der Waals surface area (Å²) in [6.45, 7) is 1.80. The fourth-order valence-electron chi connectivity index (χ4n) is 1.92. The molecule has 16 heavy (non-hydrogen) atoms. The molecule has 2 rings (SSSR count). The van der Waals surface area contributed by atoms with E-state index in [0.717, 1.165) is 31.6 Å². The Bertz CT molecular complexity index is 349. The van der Waals surface area contributed by atoms with E-state index in [4.69, 9.17) is 11.8 Å². The first-order chi connectivity index (χ1) is 7.79. The third kappa shape index (κ3) is 2.54. The standard InChI is InChI=1S/C12H15ClN2O/c13-15(11-4-2-1-3-5-11)12(16)10-6-8-14-9-7-10/h1-5,10,14H,6-9H2. The Kier molecular flexibility index (Phi) is 3.80. The lowest BCUT2D eigenvalue weighted by molar-refractivity contribution is -0.121. The molecule has 0 aromatic heterocycles. The minimum absolute atomic E-state index is 0.00867. The van der Waals surface area contributed by atoms with Crippen molar-refractivity contribution in [2.24, 2.45) is 5.92 Å². The molecular formula is C12H15ClN2O. The van der Waals surface area contributed by atoms with E-state index in [1.165, 1.54) is 4.42 Å². The molecule has 0 spiro atoms. The summed E-state index contributed by atoms with van der Waals surface area (Å²) >= 11 is 6.05. The number of halogens is 1. The van der Waals surface area contributed by atoms with E-state index in [-0.39, 0.29) is 11.8 Å². The summed E-state index contributed by atoms with van der Waals surface area (Å²) in [6, 6.07) is 9.34. The topological polar surface area (TPSA) is 32.3 Å². The molecule has 1 saturated heterocycles. The van der Waals surface area contributed by atoms with Crippen LogP contribution in [0.2, 0.25) is 0 Å². The fraction of sp³-hybridized carbons (Fsp3) is 0.417. The number of carbonyl (C=O) groups is 1. The molecule has 0 bridgehead atoms. The molecule has 0 radical (unpaired) electrons. The van der Waals surface area contributed by atoms with Crippen LogP contribution in [0.25, 0.3) is 0 Å². The summed E-state index contributed by atoms with van der Waals surface area (Å²) < 4.78 is 1.25. The zero-order chi connectivity index (χ0) is 11.4. The number of benzene rings is 1. The van der Waals surface area contributed by atoms with Crippen molar-refractivity contribution < 1.29 is 4.79 Å². The van der Waals surface area contributed by atoms with Crippen LogP contribution in [0.15, 0.2) is 30.3 Å². The summed E-state index contributed by atoms with van der Waals surface area (Å²) in [5.74, 6) is 0.0633. The smallest absolute Gasteiger partial charge is 0.244 e. The van der Waals surface area contributed by atoms with Gasteiger partial charge in [0.05, 0.1) is 5.69 Å². The predicted octanol–water partition coefficient (Wildman–Crippen LogP) is 2.17. The number of carbonyl (C=O) groups excluding carboxylic acids is 1. The van der Waals surface area contributed by atoms with Gasteiger partial charge in [-0.1, -0.05) is 18.2 Å². The van der Waals surface area contributed by atoms with Crippen molar-refractivity contribution in [3.8, 4) is 0 Å². The van der Waals surface area contributed by atoms with Crippen molar-refractivity contribution in [2.45, 2.75) is 12.8 Å². The highest BCUT2D eigenvalue weighted by atomic mass is 35.5. The van der Waals surface area contributed by atoms with Gasteiger partial charge < -0.3 is 5.32 Å². The third-order valence-electron chi connectivity index (χ3n) is 2.86. The van der Waals surface area contributed by atoms with Crippen molar-refractivity contribution in [1.29, 1.82) is 0 Å². The lowest BCUT2D eigenvalue weighted by Gasteiger charge is -2.25. The molecular weight excluding hydrogens is 224 g/mol. The van der Waals surface area contributed by atoms with Gasteiger partial charge in [0.2, 0.25) is 5.91 Å². The van der Waals surface area contributed by atoms with Crippen LogP contribution in [0.5, 0.6) is 0 Å². The van der Waals surface area contributed by atoms with Gasteiger partial charge in [0.15, 0.2) is 0 Å².